The summed E-state index contributed by atoms with van der Waals surface area (Å²) in [6.07, 6.45) is 1.47. The number of fused-ring (bicyclic) bond motifs is 1. The van der Waals surface area contributed by atoms with E-state index in [1.54, 1.807) is 22.6 Å². The van der Waals surface area contributed by atoms with Gasteiger partial charge in [-0.15, -0.1) is 0 Å². The first-order valence-electron chi connectivity index (χ1n) is 7.92. The van der Waals surface area contributed by atoms with E-state index in [1.165, 1.54) is 10.3 Å². The highest BCUT2D eigenvalue weighted by molar-refractivity contribution is 7.89. The van der Waals surface area contributed by atoms with Crippen LogP contribution in [-0.4, -0.2) is 42.7 Å². The van der Waals surface area contributed by atoms with E-state index in [9.17, 15) is 8.42 Å². The van der Waals surface area contributed by atoms with Gasteiger partial charge in [0.25, 0.3) is 5.19 Å². The first-order valence-corrected chi connectivity index (χ1v) is 10.3. The summed E-state index contributed by atoms with van der Waals surface area (Å²) in [5.74, 6) is 0.162. The van der Waals surface area contributed by atoms with Crippen LogP contribution in [0.5, 0.6) is 5.19 Å². The Kier molecular flexibility index (Phi) is 4.62. The zero-order valence-corrected chi connectivity index (χ0v) is 15.3. The summed E-state index contributed by atoms with van der Waals surface area (Å²) in [4.78, 5) is 4.62. The quantitative estimate of drug-likeness (QED) is 0.846. The third-order valence-electron chi connectivity index (χ3n) is 4.35. The summed E-state index contributed by atoms with van der Waals surface area (Å²) in [7, 11) is -3.08. The highest BCUT2D eigenvalue weighted by Gasteiger charge is 2.28. The largest absolute Gasteiger partial charge is 0.467 e. The first-order chi connectivity index (χ1) is 10.9. The van der Waals surface area contributed by atoms with Crippen molar-refractivity contribution in [1.29, 1.82) is 0 Å². The molecule has 0 aliphatic carbocycles. The fourth-order valence-corrected chi connectivity index (χ4v) is 5.00. The second kappa shape index (κ2) is 6.37. The number of benzene rings is 1. The minimum Gasteiger partial charge on any atom is -0.467 e. The molecule has 7 heteroatoms. The maximum Gasteiger partial charge on any atom is 0.274 e. The number of hydrogen-bond acceptors (Lipinski definition) is 5. The van der Waals surface area contributed by atoms with Gasteiger partial charge in [0.2, 0.25) is 10.0 Å². The van der Waals surface area contributed by atoms with Crippen molar-refractivity contribution in [1.82, 2.24) is 9.29 Å². The minimum absolute atomic E-state index is 0.0412. The van der Waals surface area contributed by atoms with Gasteiger partial charge in [-0.25, -0.2) is 17.7 Å². The summed E-state index contributed by atoms with van der Waals surface area (Å²) in [6, 6.07) is 4.18. The van der Waals surface area contributed by atoms with Gasteiger partial charge < -0.3 is 4.74 Å². The highest BCUT2D eigenvalue weighted by Crippen LogP contribution is 2.33. The second-order valence-corrected chi connectivity index (χ2v) is 9.19. The second-order valence-electron chi connectivity index (χ2n) is 5.97. The molecule has 5 nitrogen and oxygen atoms in total. The van der Waals surface area contributed by atoms with E-state index < -0.39 is 10.0 Å². The van der Waals surface area contributed by atoms with Gasteiger partial charge in [-0.1, -0.05) is 23.5 Å². The molecule has 0 bridgehead atoms. The summed E-state index contributed by atoms with van der Waals surface area (Å²) in [5, 5.41) is 0.689. The van der Waals surface area contributed by atoms with Crippen LogP contribution in [0, 0.1) is 13.8 Å². The molecular formula is C16H22N2O3S2. The molecule has 0 spiro atoms. The van der Waals surface area contributed by atoms with E-state index >= 15 is 0 Å². The standard InChI is InChI=1S/C16H22N2O3S2/c1-4-23(19,20)18-9-7-13(8-10-18)21-16-17-14-11(2)5-6-12(3)15(14)22-16/h5-6,13H,4,7-10H2,1-3H3. The van der Waals surface area contributed by atoms with Gasteiger partial charge in [-0.05, 0) is 44.7 Å². The molecule has 23 heavy (non-hydrogen) atoms. The van der Waals surface area contributed by atoms with Crippen molar-refractivity contribution in [2.45, 2.75) is 39.7 Å². The zero-order chi connectivity index (χ0) is 16.6. The third kappa shape index (κ3) is 3.36. The van der Waals surface area contributed by atoms with Crippen molar-refractivity contribution in [3.8, 4) is 5.19 Å². The third-order valence-corrected chi connectivity index (χ3v) is 7.31. The number of thiazole rings is 1. The molecule has 1 fully saturated rings. The fourth-order valence-electron chi connectivity index (χ4n) is 2.84. The van der Waals surface area contributed by atoms with Crippen molar-refractivity contribution in [2.75, 3.05) is 18.8 Å². The van der Waals surface area contributed by atoms with Crippen molar-refractivity contribution >= 4 is 31.6 Å². The Morgan fingerprint density at radius 1 is 1.26 bits per heavy atom. The minimum atomic E-state index is -3.08. The molecule has 1 aromatic carbocycles. The summed E-state index contributed by atoms with van der Waals surface area (Å²) >= 11 is 1.58. The lowest BCUT2D eigenvalue weighted by Gasteiger charge is -2.30. The molecule has 2 heterocycles. The summed E-state index contributed by atoms with van der Waals surface area (Å²) < 4.78 is 32.5. The Labute approximate surface area is 141 Å². The number of piperidine rings is 1. The number of nitrogens with zero attached hydrogens (tertiary/aromatic N) is 2. The number of ether oxygens (including phenoxy) is 1. The number of rotatable bonds is 4. The lowest BCUT2D eigenvalue weighted by molar-refractivity contribution is 0.135. The molecule has 0 atom stereocenters. The smallest absolute Gasteiger partial charge is 0.274 e. The SMILES string of the molecule is CCS(=O)(=O)N1CCC(Oc2nc3c(C)ccc(C)c3s2)CC1. The topological polar surface area (TPSA) is 59.5 Å². The first kappa shape index (κ1) is 16.7. The molecule has 0 unspecified atom stereocenters. The molecule has 1 aromatic heterocycles. The van der Waals surface area contributed by atoms with Crippen LogP contribution >= 0.6 is 11.3 Å². The van der Waals surface area contributed by atoms with Gasteiger partial charge >= 0.3 is 0 Å². The fraction of sp³-hybridized carbons (Fsp3) is 0.562. The van der Waals surface area contributed by atoms with Gasteiger partial charge in [0.1, 0.15) is 6.10 Å². The van der Waals surface area contributed by atoms with E-state index in [0.717, 1.165) is 11.1 Å². The summed E-state index contributed by atoms with van der Waals surface area (Å²) in [5.41, 5.74) is 3.37. The molecule has 0 radical (unpaired) electrons. The van der Waals surface area contributed by atoms with Crippen LogP contribution in [0.15, 0.2) is 12.1 Å². The van der Waals surface area contributed by atoms with E-state index in [2.05, 4.69) is 31.0 Å². The normalized spacial score (nSPS) is 17.7. The van der Waals surface area contributed by atoms with Crippen LogP contribution < -0.4 is 4.74 Å². The molecule has 1 aliphatic heterocycles. The van der Waals surface area contributed by atoms with Gasteiger partial charge in [0, 0.05) is 13.1 Å². The molecule has 1 aliphatic rings. The van der Waals surface area contributed by atoms with Crippen molar-refractivity contribution < 1.29 is 13.2 Å². The van der Waals surface area contributed by atoms with E-state index in [0.29, 0.717) is 31.1 Å². The molecule has 1 saturated heterocycles. The van der Waals surface area contributed by atoms with Crippen LogP contribution in [0.4, 0.5) is 0 Å². The maximum absolute atomic E-state index is 11.9. The molecule has 2 aromatic rings. The Balaban J connectivity index is 1.70. The van der Waals surface area contributed by atoms with E-state index in [1.807, 2.05) is 0 Å². The van der Waals surface area contributed by atoms with Crippen molar-refractivity contribution in [3.05, 3.63) is 23.3 Å². The molecule has 0 N–H and O–H groups in total. The maximum atomic E-state index is 11.9. The van der Waals surface area contributed by atoms with Crippen molar-refractivity contribution in [3.63, 3.8) is 0 Å². The molecule has 0 saturated carbocycles. The molecule has 126 valence electrons. The van der Waals surface area contributed by atoms with Crippen molar-refractivity contribution in [2.24, 2.45) is 0 Å². The lowest BCUT2D eigenvalue weighted by atomic mass is 10.1. The Bertz CT molecular complexity index is 767. The monoisotopic (exact) mass is 354 g/mol. The highest BCUT2D eigenvalue weighted by atomic mass is 32.2. The van der Waals surface area contributed by atoms with E-state index in [4.69, 9.17) is 4.74 Å². The predicted molar refractivity (Wildman–Crippen MR) is 93.8 cm³/mol. The zero-order valence-electron chi connectivity index (χ0n) is 13.7. The number of aryl methyl sites for hydroxylation is 2. The molecule has 0 amide bonds. The van der Waals surface area contributed by atoms with Crippen LogP contribution in [0.3, 0.4) is 0 Å². The Morgan fingerprint density at radius 3 is 2.52 bits per heavy atom. The van der Waals surface area contributed by atoms with Gasteiger partial charge in [-0.2, -0.15) is 0 Å². The molecular weight excluding hydrogens is 332 g/mol. The number of sulfonamides is 1. The average molecular weight is 354 g/mol. The summed E-state index contributed by atoms with van der Waals surface area (Å²) in [6.45, 7) is 6.88. The Hall–Kier alpha value is -1.18. The number of aromatic nitrogens is 1. The predicted octanol–water partition coefficient (Wildman–Crippen LogP) is 3.11. The van der Waals surface area contributed by atoms with Gasteiger partial charge in [-0.3, -0.25) is 0 Å². The Morgan fingerprint density at radius 2 is 1.91 bits per heavy atom. The van der Waals surface area contributed by atoms with Crippen LogP contribution in [0.25, 0.3) is 10.2 Å². The van der Waals surface area contributed by atoms with Crippen LogP contribution in [0.2, 0.25) is 0 Å². The van der Waals surface area contributed by atoms with E-state index in [-0.39, 0.29) is 11.9 Å². The number of hydrogen-bond donors (Lipinski definition) is 0. The van der Waals surface area contributed by atoms with Crippen LogP contribution in [-0.2, 0) is 10.0 Å². The van der Waals surface area contributed by atoms with Gasteiger partial charge in [0.05, 0.1) is 16.0 Å². The molecule has 3 rings (SSSR count). The van der Waals surface area contributed by atoms with Gasteiger partial charge in [0.15, 0.2) is 0 Å². The van der Waals surface area contributed by atoms with Crippen LogP contribution in [0.1, 0.15) is 30.9 Å². The lowest BCUT2D eigenvalue weighted by Crippen LogP contribution is -2.42. The average Bonchev–Trinajstić information content (AvgIpc) is 2.97.